The first-order valence-corrected chi connectivity index (χ1v) is 16.1. The van der Waals surface area contributed by atoms with E-state index in [9.17, 15) is 30.6 Å². The number of anilines is 2. The molecular formula is C24H34F3N5O7S2. The van der Waals surface area contributed by atoms with E-state index in [1.165, 1.54) is 25.3 Å². The Balaban J connectivity index is 1.70. The number of ether oxygens (including phenoxy) is 3. The highest BCUT2D eigenvalue weighted by Crippen LogP contribution is 2.42. The van der Waals surface area contributed by atoms with Gasteiger partial charge < -0.3 is 19.2 Å². The molecular weight excluding hydrogens is 591 g/mol. The monoisotopic (exact) mass is 625 g/mol. The van der Waals surface area contributed by atoms with Gasteiger partial charge in [0.15, 0.2) is 6.23 Å². The molecule has 12 nitrogen and oxygen atoms in total. The molecule has 1 fully saturated rings. The molecule has 4 rings (SSSR count). The van der Waals surface area contributed by atoms with E-state index < -0.39 is 49.9 Å². The van der Waals surface area contributed by atoms with Crippen molar-refractivity contribution in [1.82, 2.24) is 15.2 Å². The maximum absolute atomic E-state index is 14.2. The molecule has 0 saturated carbocycles. The predicted molar refractivity (Wildman–Crippen MR) is 148 cm³/mol. The molecule has 3 aliphatic rings. The number of benzene rings is 1. The van der Waals surface area contributed by atoms with Gasteiger partial charge in [0.2, 0.25) is 5.60 Å². The summed E-state index contributed by atoms with van der Waals surface area (Å²) in [5.41, 5.74) is 0.858. The quantitative estimate of drug-likeness (QED) is 0.354. The molecule has 2 unspecified atom stereocenters. The van der Waals surface area contributed by atoms with E-state index in [1.807, 2.05) is 0 Å². The van der Waals surface area contributed by atoms with Gasteiger partial charge in [0.05, 0.1) is 17.9 Å². The van der Waals surface area contributed by atoms with E-state index >= 15 is 0 Å². The molecule has 17 heteroatoms. The number of fused-ring (bicyclic) bond motifs is 2. The number of carbonyl (C=O) groups excluding carboxylic acids is 1. The third-order valence-electron chi connectivity index (χ3n) is 6.93. The van der Waals surface area contributed by atoms with E-state index in [-0.39, 0.29) is 40.9 Å². The standard InChI is InChI=1S/C24H34F3N5O7S2/c1-6-40(5,34)28-13-16-14-32(41(35,36)20-17-8-7-11-31(17)30-21(20)37-4)18-12-15(9-10-19(18)38-16)29-22(33)39-23(2,3)24(25,26)27/h9-10,12,16,21,30H,5-8,11,13-14H2,1-4H3,(H,28,34)(H,29,33)/t16-,21?,40?/m0/s1. The van der Waals surface area contributed by atoms with Gasteiger partial charge in [-0.1, -0.05) is 6.92 Å². The number of carbonyl (C=O) groups is 1. The Bertz CT molecular complexity index is 1430. The van der Waals surface area contributed by atoms with E-state index in [0.29, 0.717) is 32.5 Å². The number of hydrogen-bond acceptors (Lipinski definition) is 9. The summed E-state index contributed by atoms with van der Waals surface area (Å²) in [6.07, 6.45) is -6.67. The summed E-state index contributed by atoms with van der Waals surface area (Å²) in [6.45, 7) is 3.53. The van der Waals surface area contributed by atoms with Crippen molar-refractivity contribution in [3.63, 3.8) is 0 Å². The number of hydrogen-bond donors (Lipinski definition) is 3. The van der Waals surface area contributed by atoms with Gasteiger partial charge in [-0.3, -0.25) is 13.8 Å². The van der Waals surface area contributed by atoms with E-state index in [1.54, 1.807) is 11.9 Å². The normalized spacial score (nSPS) is 22.6. The molecule has 0 spiro atoms. The van der Waals surface area contributed by atoms with Crippen molar-refractivity contribution in [3.8, 4) is 5.75 Å². The number of rotatable bonds is 9. The topological polar surface area (TPSA) is 139 Å². The average Bonchev–Trinajstić information content (AvgIpc) is 3.47. The molecule has 0 radical (unpaired) electrons. The molecule has 0 bridgehead atoms. The largest absolute Gasteiger partial charge is 0.485 e. The van der Waals surface area contributed by atoms with Crippen LogP contribution >= 0.6 is 0 Å². The van der Waals surface area contributed by atoms with Crippen LogP contribution < -0.4 is 24.5 Å². The van der Waals surface area contributed by atoms with Crippen molar-refractivity contribution in [2.45, 2.75) is 57.7 Å². The molecule has 3 heterocycles. The van der Waals surface area contributed by atoms with Crippen molar-refractivity contribution in [2.75, 3.05) is 42.1 Å². The Kier molecular flexibility index (Phi) is 8.50. The zero-order valence-corrected chi connectivity index (χ0v) is 24.7. The first kappa shape index (κ1) is 31.2. The van der Waals surface area contributed by atoms with Gasteiger partial charge >= 0.3 is 12.3 Å². The zero-order chi connectivity index (χ0) is 30.4. The molecule has 3 atom stereocenters. The highest BCUT2D eigenvalue weighted by Gasteiger charge is 2.51. The molecule has 41 heavy (non-hydrogen) atoms. The van der Waals surface area contributed by atoms with Crippen LogP contribution in [0.4, 0.5) is 29.3 Å². The number of methoxy groups -OCH3 is 1. The minimum atomic E-state index is -4.81. The van der Waals surface area contributed by atoms with Crippen LogP contribution in [0, 0.1) is 0 Å². The van der Waals surface area contributed by atoms with Crippen molar-refractivity contribution >= 4 is 43.1 Å². The Morgan fingerprint density at radius 2 is 1.98 bits per heavy atom. The summed E-state index contributed by atoms with van der Waals surface area (Å²) in [6, 6.07) is 4.00. The third-order valence-corrected chi connectivity index (χ3v) is 10.5. The van der Waals surface area contributed by atoms with Gasteiger partial charge in [-0.2, -0.15) is 13.2 Å². The molecule has 1 aromatic carbocycles. The van der Waals surface area contributed by atoms with Crippen molar-refractivity contribution in [3.05, 3.63) is 28.8 Å². The predicted octanol–water partition coefficient (Wildman–Crippen LogP) is 2.51. The van der Waals surface area contributed by atoms with E-state index in [4.69, 9.17) is 9.47 Å². The summed E-state index contributed by atoms with van der Waals surface area (Å²) < 4.78 is 100. The number of allylic oxidation sites excluding steroid dienone is 1. The number of alkyl halides is 3. The summed E-state index contributed by atoms with van der Waals surface area (Å²) >= 11 is 0. The van der Waals surface area contributed by atoms with Crippen molar-refractivity contribution in [2.24, 2.45) is 0 Å². The average molecular weight is 626 g/mol. The molecule has 1 aromatic rings. The fourth-order valence-corrected chi connectivity index (χ4v) is 7.12. The lowest BCUT2D eigenvalue weighted by atomic mass is 10.1. The molecule has 1 saturated heterocycles. The minimum absolute atomic E-state index is 0.0183. The zero-order valence-electron chi connectivity index (χ0n) is 23.0. The van der Waals surface area contributed by atoms with Crippen LogP contribution in [0.3, 0.4) is 0 Å². The van der Waals surface area contributed by atoms with E-state index in [0.717, 1.165) is 10.7 Å². The second kappa shape index (κ2) is 11.2. The van der Waals surface area contributed by atoms with Crippen LogP contribution in [-0.2, 0) is 29.2 Å². The fraction of sp³-hybridized carbons (Fsp3) is 0.583. The Labute approximate surface area is 237 Å². The number of halogens is 3. The van der Waals surface area contributed by atoms with Crippen LogP contribution in [0.5, 0.6) is 5.75 Å². The van der Waals surface area contributed by atoms with Crippen molar-refractivity contribution in [1.29, 1.82) is 0 Å². The number of hydrazine groups is 1. The highest BCUT2D eigenvalue weighted by atomic mass is 32.2. The van der Waals surface area contributed by atoms with E-state index in [2.05, 4.69) is 26.1 Å². The SMILES string of the molecule is C=S(=O)(CC)NC[C@H]1CN(S(=O)(=O)C2=C3CCCN3NC2OC)c2cc(NC(=O)OC(C)(C)C(F)(F)F)ccc2O1. The van der Waals surface area contributed by atoms with Gasteiger partial charge in [-0.05, 0) is 50.8 Å². The van der Waals surface area contributed by atoms with Gasteiger partial charge in [0, 0.05) is 41.3 Å². The first-order valence-electron chi connectivity index (χ1n) is 12.8. The van der Waals surface area contributed by atoms with Gasteiger partial charge in [-0.25, -0.2) is 23.4 Å². The number of nitrogens with one attached hydrogen (secondary N) is 3. The smallest absolute Gasteiger partial charge is 0.427 e. The number of amides is 1. The maximum Gasteiger partial charge on any atom is 0.427 e. The third kappa shape index (κ3) is 6.38. The molecule has 0 aromatic heterocycles. The first-order chi connectivity index (χ1) is 19.0. The lowest BCUT2D eigenvalue weighted by Crippen LogP contribution is -2.50. The minimum Gasteiger partial charge on any atom is -0.485 e. The van der Waals surface area contributed by atoms with Crippen LogP contribution in [0.15, 0.2) is 28.8 Å². The second-order valence-corrected chi connectivity index (χ2v) is 14.6. The Morgan fingerprint density at radius 3 is 2.61 bits per heavy atom. The summed E-state index contributed by atoms with van der Waals surface area (Å²) in [7, 11) is -5.52. The lowest BCUT2D eigenvalue weighted by Gasteiger charge is -2.36. The summed E-state index contributed by atoms with van der Waals surface area (Å²) in [5.74, 6) is 4.03. The number of sulfonamides is 1. The molecule has 3 aliphatic heterocycles. The van der Waals surface area contributed by atoms with Crippen LogP contribution in [0.2, 0.25) is 0 Å². The van der Waals surface area contributed by atoms with Gasteiger partial charge in [0.1, 0.15) is 16.8 Å². The van der Waals surface area contributed by atoms with Gasteiger partial charge in [-0.15, -0.1) is 0 Å². The van der Waals surface area contributed by atoms with Crippen molar-refractivity contribution < 1.29 is 44.8 Å². The lowest BCUT2D eigenvalue weighted by molar-refractivity contribution is -0.242. The summed E-state index contributed by atoms with van der Waals surface area (Å²) in [4.78, 5) is 12.3. The fourth-order valence-electron chi connectivity index (χ4n) is 4.49. The maximum atomic E-state index is 14.2. The molecule has 0 aliphatic carbocycles. The van der Waals surface area contributed by atoms with Crippen LogP contribution in [-0.4, -0.2) is 86.2 Å². The molecule has 1 amide bonds. The Morgan fingerprint density at radius 1 is 1.27 bits per heavy atom. The summed E-state index contributed by atoms with van der Waals surface area (Å²) in [5, 5.41) is 3.96. The number of nitrogens with zero attached hydrogens (tertiary/aromatic N) is 2. The van der Waals surface area contributed by atoms with Gasteiger partial charge in [0.25, 0.3) is 10.0 Å². The second-order valence-electron chi connectivity index (χ2n) is 10.2. The molecule has 3 N–H and O–H groups in total. The molecule has 230 valence electrons. The van der Waals surface area contributed by atoms with Crippen LogP contribution in [0.25, 0.3) is 0 Å². The van der Waals surface area contributed by atoms with Crippen LogP contribution in [0.1, 0.15) is 33.6 Å². The Hall–Kier alpha value is -2.73. The highest BCUT2D eigenvalue weighted by molar-refractivity contribution is 7.98.